The maximum atomic E-state index is 12.4. The Bertz CT molecular complexity index is 564. The van der Waals surface area contributed by atoms with E-state index in [1.54, 1.807) is 0 Å². The molecule has 2 aliphatic carbocycles. The number of thioether (sulfide) groups is 1. The molecule has 0 N–H and O–H groups in total. The molecular weight excluding hydrogens is 278 g/mol. The standard InChI is InChI=1S/C18H27NOS/c1-13-9-14-15(10-17(2,3)11-16(14)20)19(13)12-18(21-4)7-5-6-8-18/h9H,5-8,10-12H2,1-4H3. The van der Waals surface area contributed by atoms with Crippen LogP contribution in [0.2, 0.25) is 0 Å². The number of hydrogen-bond donors (Lipinski definition) is 0. The third-order valence-corrected chi connectivity index (χ3v) is 6.80. The van der Waals surface area contributed by atoms with Crippen LogP contribution in [-0.2, 0) is 13.0 Å². The predicted molar refractivity (Wildman–Crippen MR) is 90.3 cm³/mol. The Hall–Kier alpha value is -0.700. The zero-order valence-corrected chi connectivity index (χ0v) is 14.6. The van der Waals surface area contributed by atoms with Crippen LogP contribution < -0.4 is 0 Å². The first kappa shape index (κ1) is 15.2. The Balaban J connectivity index is 1.99. The van der Waals surface area contributed by atoms with Gasteiger partial charge in [0.15, 0.2) is 5.78 Å². The van der Waals surface area contributed by atoms with Crippen LogP contribution in [0.4, 0.5) is 0 Å². The monoisotopic (exact) mass is 305 g/mol. The quantitative estimate of drug-likeness (QED) is 0.812. The molecule has 1 heterocycles. The molecule has 3 rings (SSSR count). The summed E-state index contributed by atoms with van der Waals surface area (Å²) < 4.78 is 2.86. The van der Waals surface area contributed by atoms with E-state index in [0.717, 1.165) is 18.5 Å². The van der Waals surface area contributed by atoms with Crippen molar-refractivity contribution < 1.29 is 4.79 Å². The zero-order valence-electron chi connectivity index (χ0n) is 13.8. The first-order valence-electron chi connectivity index (χ1n) is 8.13. The molecule has 0 atom stereocenters. The Morgan fingerprint density at radius 1 is 1.24 bits per heavy atom. The summed E-state index contributed by atoms with van der Waals surface area (Å²) in [4.78, 5) is 12.4. The summed E-state index contributed by atoms with van der Waals surface area (Å²) >= 11 is 2.03. The van der Waals surface area contributed by atoms with E-state index in [-0.39, 0.29) is 5.41 Å². The van der Waals surface area contributed by atoms with Gasteiger partial charge in [-0.2, -0.15) is 11.8 Å². The van der Waals surface area contributed by atoms with Gasteiger partial charge in [-0.1, -0.05) is 26.7 Å². The van der Waals surface area contributed by atoms with E-state index in [4.69, 9.17) is 0 Å². The van der Waals surface area contributed by atoms with Gasteiger partial charge in [-0.05, 0) is 43.9 Å². The second-order valence-electron chi connectivity index (χ2n) is 7.77. The fourth-order valence-electron chi connectivity index (χ4n) is 4.16. The summed E-state index contributed by atoms with van der Waals surface area (Å²) in [6, 6.07) is 2.13. The third-order valence-electron chi connectivity index (χ3n) is 5.40. The topological polar surface area (TPSA) is 22.0 Å². The molecule has 1 saturated carbocycles. The van der Waals surface area contributed by atoms with Crippen molar-refractivity contribution in [3.63, 3.8) is 0 Å². The Morgan fingerprint density at radius 3 is 2.52 bits per heavy atom. The van der Waals surface area contributed by atoms with E-state index in [1.165, 1.54) is 37.1 Å². The lowest BCUT2D eigenvalue weighted by Crippen LogP contribution is -2.32. The normalized spacial score (nSPS) is 23.3. The van der Waals surface area contributed by atoms with Crippen LogP contribution in [-0.4, -0.2) is 21.4 Å². The SMILES string of the molecule is CSC1(Cn2c(C)cc3c2CC(C)(C)CC3=O)CCCC1. The summed E-state index contributed by atoms with van der Waals surface area (Å²) in [5.74, 6) is 0.340. The van der Waals surface area contributed by atoms with Crippen molar-refractivity contribution in [3.8, 4) is 0 Å². The van der Waals surface area contributed by atoms with Crippen LogP contribution in [0.3, 0.4) is 0 Å². The van der Waals surface area contributed by atoms with Gasteiger partial charge in [0, 0.05) is 34.7 Å². The van der Waals surface area contributed by atoms with Crippen LogP contribution in [0.5, 0.6) is 0 Å². The number of fused-ring (bicyclic) bond motifs is 1. The average Bonchev–Trinajstić information content (AvgIpc) is 2.98. The lowest BCUT2D eigenvalue weighted by atomic mass is 9.76. The minimum atomic E-state index is 0.106. The molecule has 0 aromatic carbocycles. The number of hydrogen-bond acceptors (Lipinski definition) is 2. The molecule has 2 nitrogen and oxygen atoms in total. The van der Waals surface area contributed by atoms with Crippen molar-refractivity contribution in [1.29, 1.82) is 0 Å². The van der Waals surface area contributed by atoms with Gasteiger partial charge in [-0.15, -0.1) is 0 Å². The molecule has 1 aromatic rings. The predicted octanol–water partition coefficient (Wildman–Crippen LogP) is 4.63. The van der Waals surface area contributed by atoms with Gasteiger partial charge in [0.05, 0.1) is 0 Å². The number of carbonyl (C=O) groups is 1. The highest BCUT2D eigenvalue weighted by Crippen LogP contribution is 2.43. The van der Waals surface area contributed by atoms with E-state index in [1.807, 2.05) is 11.8 Å². The van der Waals surface area contributed by atoms with Crippen LogP contribution in [0, 0.1) is 12.3 Å². The number of nitrogens with zero attached hydrogens (tertiary/aromatic N) is 1. The summed E-state index contributed by atoms with van der Waals surface area (Å²) in [5, 5.41) is 0. The Labute approximate surface area is 132 Å². The fraction of sp³-hybridized carbons (Fsp3) is 0.722. The van der Waals surface area contributed by atoms with Gasteiger partial charge in [-0.3, -0.25) is 4.79 Å². The van der Waals surface area contributed by atoms with Crippen molar-refractivity contribution in [2.75, 3.05) is 6.26 Å². The minimum Gasteiger partial charge on any atom is -0.347 e. The Morgan fingerprint density at radius 2 is 1.90 bits per heavy atom. The zero-order chi connectivity index (χ0) is 15.3. The second-order valence-corrected chi connectivity index (χ2v) is 9.04. The smallest absolute Gasteiger partial charge is 0.165 e. The molecule has 0 amide bonds. The van der Waals surface area contributed by atoms with E-state index in [2.05, 4.69) is 37.7 Å². The minimum absolute atomic E-state index is 0.106. The van der Waals surface area contributed by atoms with Crippen LogP contribution in [0.25, 0.3) is 0 Å². The largest absolute Gasteiger partial charge is 0.347 e. The van der Waals surface area contributed by atoms with Crippen LogP contribution in [0.1, 0.15) is 67.7 Å². The molecular formula is C18H27NOS. The van der Waals surface area contributed by atoms with Crippen LogP contribution in [0.15, 0.2) is 6.07 Å². The average molecular weight is 305 g/mol. The van der Waals surface area contributed by atoms with E-state index >= 15 is 0 Å². The molecule has 21 heavy (non-hydrogen) atoms. The van der Waals surface area contributed by atoms with Gasteiger partial charge in [0.1, 0.15) is 0 Å². The lowest BCUT2D eigenvalue weighted by Gasteiger charge is -2.33. The van der Waals surface area contributed by atoms with E-state index in [0.29, 0.717) is 17.0 Å². The van der Waals surface area contributed by atoms with Crippen molar-refractivity contribution in [2.45, 2.75) is 70.6 Å². The first-order valence-corrected chi connectivity index (χ1v) is 9.36. The fourth-order valence-corrected chi connectivity index (χ4v) is 5.12. The van der Waals surface area contributed by atoms with Crippen molar-refractivity contribution >= 4 is 17.5 Å². The molecule has 2 aliphatic rings. The van der Waals surface area contributed by atoms with Gasteiger partial charge in [-0.25, -0.2) is 0 Å². The highest BCUT2D eigenvalue weighted by molar-refractivity contribution is 8.00. The molecule has 0 bridgehead atoms. The van der Waals surface area contributed by atoms with E-state index < -0.39 is 0 Å². The highest BCUT2D eigenvalue weighted by Gasteiger charge is 2.38. The van der Waals surface area contributed by atoms with Crippen molar-refractivity contribution in [1.82, 2.24) is 4.57 Å². The van der Waals surface area contributed by atoms with Gasteiger partial charge < -0.3 is 4.57 Å². The molecule has 0 radical (unpaired) electrons. The highest BCUT2D eigenvalue weighted by atomic mass is 32.2. The molecule has 0 unspecified atom stereocenters. The molecule has 0 aliphatic heterocycles. The van der Waals surface area contributed by atoms with Gasteiger partial charge in [0.25, 0.3) is 0 Å². The molecule has 1 fully saturated rings. The molecule has 0 spiro atoms. The second kappa shape index (κ2) is 5.19. The summed E-state index contributed by atoms with van der Waals surface area (Å²) in [6.45, 7) is 7.70. The number of carbonyl (C=O) groups excluding carboxylic acids is 1. The maximum Gasteiger partial charge on any atom is 0.165 e. The van der Waals surface area contributed by atoms with Crippen molar-refractivity contribution in [3.05, 3.63) is 23.0 Å². The summed E-state index contributed by atoms with van der Waals surface area (Å²) in [5.41, 5.74) is 3.68. The van der Waals surface area contributed by atoms with E-state index in [9.17, 15) is 4.79 Å². The molecule has 0 saturated heterocycles. The number of aryl methyl sites for hydroxylation is 1. The summed E-state index contributed by atoms with van der Waals surface area (Å²) in [7, 11) is 0. The lowest BCUT2D eigenvalue weighted by molar-refractivity contribution is 0.0909. The maximum absolute atomic E-state index is 12.4. The number of ketones is 1. The number of rotatable bonds is 3. The molecule has 1 aromatic heterocycles. The third kappa shape index (κ3) is 2.69. The molecule has 3 heteroatoms. The summed E-state index contributed by atoms with van der Waals surface area (Å²) in [6.07, 6.45) is 9.33. The molecule has 116 valence electrons. The number of Topliss-reactive ketones (excluding diaryl/α,β-unsaturated/α-hetero) is 1. The van der Waals surface area contributed by atoms with Crippen molar-refractivity contribution in [2.24, 2.45) is 5.41 Å². The van der Waals surface area contributed by atoms with Crippen LogP contribution >= 0.6 is 11.8 Å². The number of aromatic nitrogens is 1. The first-order chi connectivity index (χ1) is 9.86. The Kier molecular flexibility index (Phi) is 3.76. The van der Waals surface area contributed by atoms with Gasteiger partial charge in [0.2, 0.25) is 0 Å². The van der Waals surface area contributed by atoms with Gasteiger partial charge >= 0.3 is 0 Å².